The second-order valence-corrected chi connectivity index (χ2v) is 3.19. The average Bonchev–Trinajstić information content (AvgIpc) is 2.05. The standard InChI is InChI=1S/C9H9BrO2.ClH/c10-6-5-7-3-1-2-4-8(7)9(11)12;/h1-4H,5-6H2,(H,11,12);1H. The van der Waals surface area contributed by atoms with Crippen LogP contribution in [0.15, 0.2) is 24.3 Å². The molecule has 0 unspecified atom stereocenters. The summed E-state index contributed by atoms with van der Waals surface area (Å²) in [6, 6.07) is 7.05. The molecule has 0 saturated carbocycles. The average molecular weight is 266 g/mol. The van der Waals surface area contributed by atoms with Crippen LogP contribution in [0.1, 0.15) is 15.9 Å². The van der Waals surface area contributed by atoms with Crippen LogP contribution >= 0.6 is 28.3 Å². The van der Waals surface area contributed by atoms with E-state index < -0.39 is 5.97 Å². The number of hydrogen-bond donors (Lipinski definition) is 1. The maximum atomic E-state index is 10.7. The maximum Gasteiger partial charge on any atom is 0.335 e. The van der Waals surface area contributed by atoms with Gasteiger partial charge in [0.25, 0.3) is 0 Å². The molecule has 0 aliphatic rings. The molecule has 0 heterocycles. The highest BCUT2D eigenvalue weighted by atomic mass is 79.9. The number of carboxylic acids is 1. The molecule has 0 saturated heterocycles. The van der Waals surface area contributed by atoms with Gasteiger partial charge in [0.15, 0.2) is 0 Å². The third kappa shape index (κ3) is 3.36. The zero-order valence-corrected chi connectivity index (χ0v) is 9.27. The van der Waals surface area contributed by atoms with Crippen molar-refractivity contribution in [3.63, 3.8) is 0 Å². The Hall–Kier alpha value is -0.540. The smallest absolute Gasteiger partial charge is 0.335 e. The third-order valence-electron chi connectivity index (χ3n) is 1.61. The highest BCUT2D eigenvalue weighted by Gasteiger charge is 2.06. The Kier molecular flexibility index (Phi) is 5.75. The minimum atomic E-state index is -0.855. The molecule has 0 aliphatic heterocycles. The Balaban J connectivity index is 0.00000144. The molecule has 13 heavy (non-hydrogen) atoms. The van der Waals surface area contributed by atoms with Gasteiger partial charge in [-0.1, -0.05) is 34.1 Å². The first kappa shape index (κ1) is 12.5. The van der Waals surface area contributed by atoms with Gasteiger partial charge >= 0.3 is 5.97 Å². The molecular weight excluding hydrogens is 255 g/mol. The van der Waals surface area contributed by atoms with Crippen molar-refractivity contribution in [3.8, 4) is 0 Å². The van der Waals surface area contributed by atoms with E-state index >= 15 is 0 Å². The molecule has 0 radical (unpaired) electrons. The SMILES string of the molecule is Cl.O=C(O)c1ccccc1CCBr. The first-order valence-electron chi connectivity index (χ1n) is 3.63. The molecule has 72 valence electrons. The molecule has 0 fully saturated rings. The zero-order chi connectivity index (χ0) is 8.97. The van der Waals surface area contributed by atoms with Crippen LogP contribution in [0.25, 0.3) is 0 Å². The van der Waals surface area contributed by atoms with Crippen molar-refractivity contribution in [2.45, 2.75) is 6.42 Å². The van der Waals surface area contributed by atoms with Gasteiger partial charge in [0.05, 0.1) is 5.56 Å². The number of carboxylic acid groups (broad SMARTS) is 1. The number of halogens is 2. The van der Waals surface area contributed by atoms with Crippen molar-refractivity contribution in [2.75, 3.05) is 5.33 Å². The number of carbonyl (C=O) groups is 1. The fourth-order valence-corrected chi connectivity index (χ4v) is 1.48. The van der Waals surface area contributed by atoms with Crippen LogP contribution in [-0.2, 0) is 6.42 Å². The Labute approximate surface area is 91.5 Å². The van der Waals surface area contributed by atoms with Crippen LogP contribution < -0.4 is 0 Å². The van der Waals surface area contributed by atoms with Crippen LogP contribution in [0.5, 0.6) is 0 Å². The summed E-state index contributed by atoms with van der Waals surface area (Å²) < 4.78 is 0. The van der Waals surface area contributed by atoms with E-state index in [9.17, 15) is 4.79 Å². The van der Waals surface area contributed by atoms with Gasteiger partial charge in [0, 0.05) is 5.33 Å². The van der Waals surface area contributed by atoms with Gasteiger partial charge in [-0.25, -0.2) is 4.79 Å². The molecule has 1 aromatic rings. The summed E-state index contributed by atoms with van der Waals surface area (Å²) in [5.41, 5.74) is 1.28. The molecule has 0 bridgehead atoms. The van der Waals surface area contributed by atoms with E-state index in [1.54, 1.807) is 12.1 Å². The minimum absolute atomic E-state index is 0. The van der Waals surface area contributed by atoms with Gasteiger partial charge in [-0.3, -0.25) is 0 Å². The van der Waals surface area contributed by atoms with Crippen molar-refractivity contribution in [1.29, 1.82) is 0 Å². The quantitative estimate of drug-likeness (QED) is 0.853. The zero-order valence-electron chi connectivity index (χ0n) is 6.87. The predicted molar refractivity (Wildman–Crippen MR) is 58.1 cm³/mol. The summed E-state index contributed by atoms with van der Waals surface area (Å²) in [5.74, 6) is -0.855. The number of aromatic carboxylic acids is 1. The molecule has 4 heteroatoms. The molecule has 1 aromatic carbocycles. The lowest BCUT2D eigenvalue weighted by Gasteiger charge is -2.01. The van der Waals surface area contributed by atoms with E-state index in [0.29, 0.717) is 5.56 Å². The number of hydrogen-bond acceptors (Lipinski definition) is 1. The first-order valence-corrected chi connectivity index (χ1v) is 4.75. The Morgan fingerprint density at radius 2 is 2.00 bits per heavy atom. The lowest BCUT2D eigenvalue weighted by molar-refractivity contribution is 0.0696. The molecule has 1 N–H and O–H groups in total. The Bertz CT molecular complexity index is 289. The second-order valence-electron chi connectivity index (χ2n) is 2.40. The third-order valence-corrected chi connectivity index (χ3v) is 2.01. The number of alkyl halides is 1. The van der Waals surface area contributed by atoms with Crippen molar-refractivity contribution >= 4 is 34.3 Å². The summed E-state index contributed by atoms with van der Waals surface area (Å²) in [4.78, 5) is 10.7. The van der Waals surface area contributed by atoms with E-state index in [1.807, 2.05) is 12.1 Å². The van der Waals surface area contributed by atoms with Crippen molar-refractivity contribution < 1.29 is 9.90 Å². The van der Waals surface area contributed by atoms with Gasteiger partial charge in [0.2, 0.25) is 0 Å². The van der Waals surface area contributed by atoms with Gasteiger partial charge in [0.1, 0.15) is 0 Å². The lowest BCUT2D eigenvalue weighted by atomic mass is 10.1. The number of rotatable bonds is 3. The number of benzene rings is 1. The van der Waals surface area contributed by atoms with E-state index in [4.69, 9.17) is 5.11 Å². The molecule has 1 rings (SSSR count). The Morgan fingerprint density at radius 1 is 1.38 bits per heavy atom. The van der Waals surface area contributed by atoms with E-state index in [0.717, 1.165) is 17.3 Å². The molecular formula is C9H10BrClO2. The topological polar surface area (TPSA) is 37.3 Å². The highest BCUT2D eigenvalue weighted by Crippen LogP contribution is 2.10. The summed E-state index contributed by atoms with van der Waals surface area (Å²) >= 11 is 3.28. The van der Waals surface area contributed by atoms with Crippen LogP contribution in [0, 0.1) is 0 Å². The van der Waals surface area contributed by atoms with E-state index in [-0.39, 0.29) is 12.4 Å². The second kappa shape index (κ2) is 6.00. The van der Waals surface area contributed by atoms with Gasteiger partial charge < -0.3 is 5.11 Å². The molecule has 0 aliphatic carbocycles. The van der Waals surface area contributed by atoms with Crippen molar-refractivity contribution in [2.24, 2.45) is 0 Å². The van der Waals surface area contributed by atoms with E-state index in [2.05, 4.69) is 15.9 Å². The van der Waals surface area contributed by atoms with Crippen LogP contribution in [-0.4, -0.2) is 16.4 Å². The molecule has 2 nitrogen and oxygen atoms in total. The molecule has 0 aromatic heterocycles. The van der Waals surface area contributed by atoms with Crippen LogP contribution in [0.3, 0.4) is 0 Å². The van der Waals surface area contributed by atoms with Crippen LogP contribution in [0.4, 0.5) is 0 Å². The predicted octanol–water partition coefficient (Wildman–Crippen LogP) is 2.74. The highest BCUT2D eigenvalue weighted by molar-refractivity contribution is 9.09. The van der Waals surface area contributed by atoms with Gasteiger partial charge in [-0.05, 0) is 18.1 Å². The fourth-order valence-electron chi connectivity index (χ4n) is 1.05. The van der Waals surface area contributed by atoms with Crippen molar-refractivity contribution in [1.82, 2.24) is 0 Å². The molecule has 0 spiro atoms. The normalized spacial score (nSPS) is 9.00. The fraction of sp³-hybridized carbons (Fsp3) is 0.222. The molecule has 0 amide bonds. The van der Waals surface area contributed by atoms with Crippen LogP contribution in [0.2, 0.25) is 0 Å². The number of aryl methyl sites for hydroxylation is 1. The first-order chi connectivity index (χ1) is 5.75. The minimum Gasteiger partial charge on any atom is -0.478 e. The summed E-state index contributed by atoms with van der Waals surface area (Å²) in [5, 5.41) is 9.57. The monoisotopic (exact) mass is 264 g/mol. The van der Waals surface area contributed by atoms with Gasteiger partial charge in [-0.2, -0.15) is 0 Å². The lowest BCUT2D eigenvalue weighted by Crippen LogP contribution is -2.02. The van der Waals surface area contributed by atoms with E-state index in [1.165, 1.54) is 0 Å². The Morgan fingerprint density at radius 3 is 2.54 bits per heavy atom. The van der Waals surface area contributed by atoms with Gasteiger partial charge in [-0.15, -0.1) is 12.4 Å². The largest absolute Gasteiger partial charge is 0.478 e. The summed E-state index contributed by atoms with van der Waals surface area (Å²) in [7, 11) is 0. The molecule has 0 atom stereocenters. The van der Waals surface area contributed by atoms with Crippen molar-refractivity contribution in [3.05, 3.63) is 35.4 Å². The maximum absolute atomic E-state index is 10.7. The summed E-state index contributed by atoms with van der Waals surface area (Å²) in [6.45, 7) is 0. The summed E-state index contributed by atoms with van der Waals surface area (Å²) in [6.07, 6.45) is 0.752.